The van der Waals surface area contributed by atoms with Crippen LogP contribution >= 0.6 is 11.8 Å². The second-order valence-corrected chi connectivity index (χ2v) is 8.30. The zero-order valence-corrected chi connectivity index (χ0v) is 18.6. The summed E-state index contributed by atoms with van der Waals surface area (Å²) in [5.74, 6) is -0.0464. The van der Waals surface area contributed by atoms with Crippen LogP contribution in [0.25, 0.3) is 10.8 Å². The van der Waals surface area contributed by atoms with E-state index in [1.165, 1.54) is 0 Å². The van der Waals surface area contributed by atoms with Crippen molar-refractivity contribution < 1.29 is 9.59 Å². The molecule has 7 heteroatoms. The molecule has 0 spiro atoms. The Labute approximate surface area is 190 Å². The van der Waals surface area contributed by atoms with Gasteiger partial charge < -0.3 is 0 Å². The first-order valence-electron chi connectivity index (χ1n) is 10.1. The highest BCUT2D eigenvalue weighted by Gasteiger charge is 2.12. The first kappa shape index (κ1) is 21.5. The van der Waals surface area contributed by atoms with E-state index in [1.807, 2.05) is 68.4 Å². The molecule has 32 heavy (non-hydrogen) atoms. The van der Waals surface area contributed by atoms with Gasteiger partial charge in [-0.25, -0.2) is 9.97 Å². The van der Waals surface area contributed by atoms with Crippen LogP contribution in [0.5, 0.6) is 0 Å². The molecular weight excluding hydrogens is 420 g/mol. The summed E-state index contributed by atoms with van der Waals surface area (Å²) in [5, 5.41) is 2.53. The molecule has 0 radical (unpaired) electrons. The number of carbonyl (C=O) groups excluding carboxylic acids is 2. The van der Waals surface area contributed by atoms with Crippen LogP contribution in [0.1, 0.15) is 37.7 Å². The van der Waals surface area contributed by atoms with Crippen molar-refractivity contribution in [1.82, 2.24) is 20.8 Å². The van der Waals surface area contributed by atoms with E-state index in [0.29, 0.717) is 16.9 Å². The van der Waals surface area contributed by atoms with Gasteiger partial charge in [0.1, 0.15) is 0 Å². The summed E-state index contributed by atoms with van der Waals surface area (Å²) in [6.45, 7) is 3.90. The minimum atomic E-state index is -0.379. The Kier molecular flexibility index (Phi) is 6.47. The molecule has 2 N–H and O–H groups in total. The smallest absolute Gasteiger partial charge is 0.267 e. The number of amides is 2. The number of nitrogens with one attached hydrogen (secondary N) is 2. The van der Waals surface area contributed by atoms with Gasteiger partial charge in [0.15, 0.2) is 5.16 Å². The topological polar surface area (TPSA) is 84.0 Å². The van der Waals surface area contributed by atoms with E-state index in [0.717, 1.165) is 32.9 Å². The molecule has 0 saturated heterocycles. The van der Waals surface area contributed by atoms with E-state index in [4.69, 9.17) is 0 Å². The van der Waals surface area contributed by atoms with E-state index < -0.39 is 0 Å². The lowest BCUT2D eigenvalue weighted by Gasteiger charge is -2.10. The van der Waals surface area contributed by atoms with Gasteiger partial charge in [-0.05, 0) is 54.4 Å². The van der Waals surface area contributed by atoms with Gasteiger partial charge in [-0.3, -0.25) is 20.4 Å². The summed E-state index contributed by atoms with van der Waals surface area (Å²) in [7, 11) is 0. The van der Waals surface area contributed by atoms with Crippen LogP contribution < -0.4 is 10.9 Å². The summed E-state index contributed by atoms with van der Waals surface area (Å²) in [6, 6.07) is 22.3. The monoisotopic (exact) mass is 442 g/mol. The van der Waals surface area contributed by atoms with Gasteiger partial charge >= 0.3 is 0 Å². The molecule has 0 aliphatic heterocycles. The zero-order valence-electron chi connectivity index (χ0n) is 17.8. The Balaban J connectivity index is 1.35. The summed E-state index contributed by atoms with van der Waals surface area (Å²) in [5.41, 5.74) is 8.89. The number of aryl methyl sites for hydroxylation is 2. The first-order valence-corrected chi connectivity index (χ1v) is 11.1. The number of hydrogen-bond donors (Lipinski definition) is 2. The Morgan fingerprint density at radius 1 is 0.812 bits per heavy atom. The van der Waals surface area contributed by atoms with Crippen LogP contribution in [0, 0.1) is 13.8 Å². The molecule has 3 aromatic carbocycles. The van der Waals surface area contributed by atoms with E-state index in [2.05, 4.69) is 20.8 Å². The molecule has 6 nitrogen and oxygen atoms in total. The molecule has 0 unspecified atom stereocenters. The minimum absolute atomic E-state index is 0.364. The van der Waals surface area contributed by atoms with E-state index in [9.17, 15) is 9.59 Å². The molecule has 0 atom stereocenters. The number of carbonyl (C=O) groups is 2. The standard InChI is InChI=1S/C25H22N4O2S/c1-16-14-17(2)27-25(26-16)32-15-18-10-12-20(13-11-18)23(30)28-29-24(31)22-9-5-7-19-6-3-4-8-21(19)22/h3-14H,15H2,1-2H3,(H,28,30)(H,29,31). The molecule has 160 valence electrons. The molecule has 0 aliphatic carbocycles. The maximum Gasteiger partial charge on any atom is 0.270 e. The van der Waals surface area contributed by atoms with Crippen LogP contribution in [-0.2, 0) is 5.75 Å². The van der Waals surface area contributed by atoms with Crippen molar-refractivity contribution in [2.45, 2.75) is 24.8 Å². The third-order valence-electron chi connectivity index (χ3n) is 4.87. The summed E-state index contributed by atoms with van der Waals surface area (Å²) < 4.78 is 0. The minimum Gasteiger partial charge on any atom is -0.267 e. The highest BCUT2D eigenvalue weighted by molar-refractivity contribution is 7.98. The predicted octanol–water partition coefficient (Wildman–Crippen LogP) is 4.61. The number of thioether (sulfide) groups is 1. The van der Waals surface area contributed by atoms with Crippen LogP contribution in [0.4, 0.5) is 0 Å². The first-order chi connectivity index (χ1) is 15.5. The summed E-state index contributed by atoms with van der Waals surface area (Å²) in [4.78, 5) is 33.9. The van der Waals surface area contributed by atoms with Crippen molar-refractivity contribution in [2.75, 3.05) is 0 Å². The molecule has 2 amide bonds. The predicted molar refractivity (Wildman–Crippen MR) is 126 cm³/mol. The summed E-state index contributed by atoms with van der Waals surface area (Å²) >= 11 is 1.55. The average molecular weight is 443 g/mol. The lowest BCUT2D eigenvalue weighted by molar-refractivity contribution is 0.0847. The second-order valence-electron chi connectivity index (χ2n) is 7.35. The Hall–Kier alpha value is -3.71. The van der Waals surface area contributed by atoms with Crippen LogP contribution in [0.15, 0.2) is 78.0 Å². The van der Waals surface area contributed by atoms with Crippen molar-refractivity contribution in [3.63, 3.8) is 0 Å². The number of rotatable bonds is 5. The molecule has 0 fully saturated rings. The van der Waals surface area contributed by atoms with E-state index in [-0.39, 0.29) is 11.8 Å². The Bertz CT molecular complexity index is 1260. The van der Waals surface area contributed by atoms with Gasteiger partial charge in [-0.2, -0.15) is 0 Å². The lowest BCUT2D eigenvalue weighted by atomic mass is 10.0. The third kappa shape index (κ3) is 5.12. The van der Waals surface area contributed by atoms with Crippen molar-refractivity contribution in [3.8, 4) is 0 Å². The number of hydrazine groups is 1. The maximum absolute atomic E-state index is 12.6. The van der Waals surface area contributed by atoms with Gasteiger partial charge in [-0.1, -0.05) is 60.3 Å². The molecule has 1 aromatic heterocycles. The number of fused-ring (bicyclic) bond motifs is 1. The Morgan fingerprint density at radius 2 is 1.47 bits per heavy atom. The molecule has 1 heterocycles. The normalized spacial score (nSPS) is 10.7. The molecule has 4 rings (SSSR count). The molecular formula is C25H22N4O2S. The van der Waals surface area contributed by atoms with Gasteiger partial charge in [0.2, 0.25) is 0 Å². The molecule has 4 aromatic rings. The number of hydrogen-bond acceptors (Lipinski definition) is 5. The molecule has 0 bridgehead atoms. The largest absolute Gasteiger partial charge is 0.270 e. The average Bonchev–Trinajstić information content (AvgIpc) is 2.80. The Morgan fingerprint density at radius 3 is 2.22 bits per heavy atom. The number of benzene rings is 3. The van der Waals surface area contributed by atoms with Crippen molar-refractivity contribution >= 4 is 34.3 Å². The quantitative estimate of drug-likeness (QED) is 0.268. The highest BCUT2D eigenvalue weighted by Crippen LogP contribution is 2.20. The van der Waals surface area contributed by atoms with Gasteiger partial charge in [0, 0.05) is 28.3 Å². The lowest BCUT2D eigenvalue weighted by Crippen LogP contribution is -2.41. The fourth-order valence-corrected chi connectivity index (χ4v) is 4.24. The molecule has 0 saturated carbocycles. The second kappa shape index (κ2) is 9.62. The van der Waals surface area contributed by atoms with Gasteiger partial charge in [0.25, 0.3) is 11.8 Å². The van der Waals surface area contributed by atoms with Gasteiger partial charge in [0.05, 0.1) is 0 Å². The fourth-order valence-electron chi connectivity index (χ4n) is 3.33. The summed E-state index contributed by atoms with van der Waals surface area (Å²) in [6.07, 6.45) is 0. The van der Waals surface area contributed by atoms with E-state index >= 15 is 0 Å². The van der Waals surface area contributed by atoms with Crippen LogP contribution in [0.2, 0.25) is 0 Å². The van der Waals surface area contributed by atoms with Crippen molar-refractivity contribution in [2.24, 2.45) is 0 Å². The van der Waals surface area contributed by atoms with Crippen molar-refractivity contribution in [1.29, 1.82) is 0 Å². The molecule has 0 aliphatic rings. The van der Waals surface area contributed by atoms with Crippen LogP contribution in [-0.4, -0.2) is 21.8 Å². The van der Waals surface area contributed by atoms with Crippen molar-refractivity contribution in [3.05, 3.63) is 101 Å². The number of aromatic nitrogens is 2. The van der Waals surface area contributed by atoms with E-state index in [1.54, 1.807) is 30.0 Å². The van der Waals surface area contributed by atoms with Crippen LogP contribution in [0.3, 0.4) is 0 Å². The number of nitrogens with zero attached hydrogens (tertiary/aromatic N) is 2. The fraction of sp³-hybridized carbons (Fsp3) is 0.120. The highest BCUT2D eigenvalue weighted by atomic mass is 32.2. The zero-order chi connectivity index (χ0) is 22.5. The SMILES string of the molecule is Cc1cc(C)nc(SCc2ccc(C(=O)NNC(=O)c3cccc4ccccc34)cc2)n1. The maximum atomic E-state index is 12.6. The third-order valence-corrected chi connectivity index (χ3v) is 5.79. The van der Waals surface area contributed by atoms with Gasteiger partial charge in [-0.15, -0.1) is 0 Å².